The van der Waals surface area contributed by atoms with E-state index < -0.39 is 0 Å². The molecule has 1 rings (SSSR count). The highest BCUT2D eigenvalue weighted by molar-refractivity contribution is 5.47. The molecule has 1 aromatic carbocycles. The number of benzene rings is 1. The fourth-order valence-electron chi connectivity index (χ4n) is 1.15. The molecule has 0 spiro atoms. The summed E-state index contributed by atoms with van der Waals surface area (Å²) >= 11 is 0. The van der Waals surface area contributed by atoms with Crippen molar-refractivity contribution in [2.24, 2.45) is 0 Å². The van der Waals surface area contributed by atoms with Crippen molar-refractivity contribution in [3.63, 3.8) is 0 Å². The molecule has 3 heteroatoms. The van der Waals surface area contributed by atoms with Crippen LogP contribution in [0.5, 0.6) is 0 Å². The smallest absolute Gasteiger partial charge is 0.126 e. The number of likely N-dealkylation sites (N-methyl/N-ethyl adjacent to an activating group) is 1. The van der Waals surface area contributed by atoms with Gasteiger partial charge in [-0.1, -0.05) is 0 Å². The van der Waals surface area contributed by atoms with Crippen molar-refractivity contribution < 1.29 is 9.50 Å². The molecule has 0 aliphatic carbocycles. The van der Waals surface area contributed by atoms with Crippen molar-refractivity contribution in [2.45, 2.75) is 6.92 Å². The van der Waals surface area contributed by atoms with Crippen LogP contribution in [0.1, 0.15) is 5.56 Å². The van der Waals surface area contributed by atoms with Gasteiger partial charge in [-0.15, -0.1) is 0 Å². The Kier molecular flexibility index (Phi) is 3.25. The van der Waals surface area contributed by atoms with Gasteiger partial charge < -0.3 is 10.0 Å². The molecule has 0 amide bonds. The lowest BCUT2D eigenvalue weighted by atomic mass is 10.2. The molecule has 0 fully saturated rings. The quantitative estimate of drug-likeness (QED) is 0.768. The van der Waals surface area contributed by atoms with Crippen LogP contribution in [0, 0.1) is 12.7 Å². The van der Waals surface area contributed by atoms with Crippen LogP contribution < -0.4 is 4.90 Å². The van der Waals surface area contributed by atoms with Gasteiger partial charge >= 0.3 is 0 Å². The van der Waals surface area contributed by atoms with E-state index in [-0.39, 0.29) is 12.4 Å². The number of aliphatic hydroxyl groups excluding tert-OH is 1. The minimum Gasteiger partial charge on any atom is -0.395 e. The summed E-state index contributed by atoms with van der Waals surface area (Å²) in [7, 11) is 1.86. The highest BCUT2D eigenvalue weighted by atomic mass is 19.1. The van der Waals surface area contributed by atoms with E-state index in [9.17, 15) is 4.39 Å². The zero-order valence-electron chi connectivity index (χ0n) is 7.92. The fraction of sp³-hybridized carbons (Fsp3) is 0.400. The molecule has 1 aromatic rings. The molecular weight excluding hydrogens is 169 g/mol. The van der Waals surface area contributed by atoms with Crippen molar-refractivity contribution >= 4 is 5.69 Å². The van der Waals surface area contributed by atoms with Gasteiger partial charge in [0, 0.05) is 19.3 Å². The third kappa shape index (κ3) is 2.42. The molecule has 72 valence electrons. The van der Waals surface area contributed by atoms with Crippen molar-refractivity contribution in [3.8, 4) is 0 Å². The number of aliphatic hydroxyl groups is 1. The molecule has 0 atom stereocenters. The average Bonchev–Trinajstić information content (AvgIpc) is 2.10. The molecular formula is C10H14FNO. The summed E-state index contributed by atoms with van der Waals surface area (Å²) in [5, 5.41) is 8.71. The summed E-state index contributed by atoms with van der Waals surface area (Å²) in [6.07, 6.45) is 0. The number of hydrogen-bond acceptors (Lipinski definition) is 2. The molecule has 0 bridgehead atoms. The Morgan fingerprint density at radius 1 is 1.46 bits per heavy atom. The van der Waals surface area contributed by atoms with Crippen LogP contribution in [0.2, 0.25) is 0 Å². The summed E-state index contributed by atoms with van der Waals surface area (Å²) in [6, 6.07) is 4.92. The molecule has 0 saturated carbocycles. The van der Waals surface area contributed by atoms with Crippen LogP contribution in [-0.2, 0) is 0 Å². The maximum absolute atomic E-state index is 12.9. The maximum Gasteiger partial charge on any atom is 0.126 e. The van der Waals surface area contributed by atoms with E-state index in [4.69, 9.17) is 5.11 Å². The Morgan fingerprint density at radius 3 is 2.69 bits per heavy atom. The lowest BCUT2D eigenvalue weighted by molar-refractivity contribution is 0.304. The van der Waals surface area contributed by atoms with Gasteiger partial charge in [0.2, 0.25) is 0 Å². The standard InChI is InChI=1S/C10H14FNO/c1-8-7-9(3-4-10(8)11)12(2)5-6-13/h3-4,7,13H,5-6H2,1-2H3. The molecule has 1 N–H and O–H groups in total. The Bertz CT molecular complexity index is 288. The number of halogens is 1. The first-order chi connectivity index (χ1) is 6.15. The molecule has 13 heavy (non-hydrogen) atoms. The second-order valence-electron chi connectivity index (χ2n) is 3.08. The van der Waals surface area contributed by atoms with E-state index >= 15 is 0 Å². The summed E-state index contributed by atoms with van der Waals surface area (Å²) < 4.78 is 12.9. The third-order valence-corrected chi connectivity index (χ3v) is 2.02. The van der Waals surface area contributed by atoms with E-state index in [0.717, 1.165) is 5.69 Å². The van der Waals surface area contributed by atoms with E-state index in [0.29, 0.717) is 12.1 Å². The Morgan fingerprint density at radius 2 is 2.15 bits per heavy atom. The second kappa shape index (κ2) is 4.23. The first kappa shape index (κ1) is 9.99. The normalized spacial score (nSPS) is 10.2. The van der Waals surface area contributed by atoms with Gasteiger partial charge in [-0.05, 0) is 30.7 Å². The molecule has 0 radical (unpaired) electrons. The van der Waals surface area contributed by atoms with E-state index in [1.165, 1.54) is 6.07 Å². The Hall–Kier alpha value is -1.09. The molecule has 0 saturated heterocycles. The summed E-state index contributed by atoms with van der Waals surface area (Å²) in [4.78, 5) is 1.88. The fourth-order valence-corrected chi connectivity index (χ4v) is 1.15. The van der Waals surface area contributed by atoms with Gasteiger partial charge in [0.15, 0.2) is 0 Å². The predicted molar refractivity (Wildman–Crippen MR) is 51.5 cm³/mol. The highest BCUT2D eigenvalue weighted by Gasteiger charge is 2.02. The number of anilines is 1. The summed E-state index contributed by atoms with van der Waals surface area (Å²) in [5.74, 6) is -0.193. The Balaban J connectivity index is 2.84. The Labute approximate surface area is 77.6 Å². The largest absolute Gasteiger partial charge is 0.395 e. The van der Waals surface area contributed by atoms with E-state index in [1.54, 1.807) is 19.1 Å². The van der Waals surface area contributed by atoms with Crippen molar-refractivity contribution in [2.75, 3.05) is 25.1 Å². The van der Waals surface area contributed by atoms with Crippen LogP contribution >= 0.6 is 0 Å². The number of hydrogen-bond donors (Lipinski definition) is 1. The zero-order valence-corrected chi connectivity index (χ0v) is 7.92. The SMILES string of the molecule is Cc1cc(N(C)CCO)ccc1F. The highest BCUT2D eigenvalue weighted by Crippen LogP contribution is 2.16. The van der Waals surface area contributed by atoms with Gasteiger partial charge in [0.1, 0.15) is 5.82 Å². The van der Waals surface area contributed by atoms with Gasteiger partial charge in [0.25, 0.3) is 0 Å². The number of nitrogens with zero attached hydrogens (tertiary/aromatic N) is 1. The van der Waals surface area contributed by atoms with Crippen LogP contribution in [-0.4, -0.2) is 25.3 Å². The third-order valence-electron chi connectivity index (χ3n) is 2.02. The molecule has 0 aromatic heterocycles. The average molecular weight is 183 g/mol. The van der Waals surface area contributed by atoms with Crippen LogP contribution in [0.4, 0.5) is 10.1 Å². The molecule has 0 aliphatic rings. The molecule has 2 nitrogen and oxygen atoms in total. The topological polar surface area (TPSA) is 23.5 Å². The molecule has 0 aliphatic heterocycles. The molecule has 0 unspecified atom stereocenters. The van der Waals surface area contributed by atoms with Crippen LogP contribution in [0.3, 0.4) is 0 Å². The first-order valence-electron chi connectivity index (χ1n) is 4.23. The summed E-state index contributed by atoms with van der Waals surface area (Å²) in [5.41, 5.74) is 1.55. The van der Waals surface area contributed by atoms with Crippen molar-refractivity contribution in [1.29, 1.82) is 0 Å². The monoisotopic (exact) mass is 183 g/mol. The maximum atomic E-state index is 12.9. The van der Waals surface area contributed by atoms with Crippen LogP contribution in [0.15, 0.2) is 18.2 Å². The van der Waals surface area contributed by atoms with E-state index in [2.05, 4.69) is 0 Å². The van der Waals surface area contributed by atoms with Crippen LogP contribution in [0.25, 0.3) is 0 Å². The van der Waals surface area contributed by atoms with Gasteiger partial charge in [-0.25, -0.2) is 4.39 Å². The lowest BCUT2D eigenvalue weighted by Crippen LogP contribution is -2.21. The molecule has 0 heterocycles. The van der Waals surface area contributed by atoms with E-state index in [1.807, 2.05) is 11.9 Å². The minimum atomic E-state index is -0.193. The summed E-state index contributed by atoms with van der Waals surface area (Å²) in [6.45, 7) is 2.39. The lowest BCUT2D eigenvalue weighted by Gasteiger charge is -2.18. The van der Waals surface area contributed by atoms with Crippen molar-refractivity contribution in [3.05, 3.63) is 29.6 Å². The van der Waals surface area contributed by atoms with Crippen molar-refractivity contribution in [1.82, 2.24) is 0 Å². The first-order valence-corrected chi connectivity index (χ1v) is 4.23. The zero-order chi connectivity index (χ0) is 9.84. The minimum absolute atomic E-state index is 0.104. The van der Waals surface area contributed by atoms with Gasteiger partial charge in [0.05, 0.1) is 6.61 Å². The second-order valence-corrected chi connectivity index (χ2v) is 3.08. The van der Waals surface area contributed by atoms with Gasteiger partial charge in [-0.2, -0.15) is 0 Å². The predicted octanol–water partition coefficient (Wildman–Crippen LogP) is 1.56. The number of aryl methyl sites for hydroxylation is 1. The van der Waals surface area contributed by atoms with Gasteiger partial charge in [-0.3, -0.25) is 0 Å². The number of rotatable bonds is 3.